The molecule has 1 aromatic carbocycles. The van der Waals surface area contributed by atoms with Gasteiger partial charge in [0.25, 0.3) is 0 Å². The lowest BCUT2D eigenvalue weighted by Gasteiger charge is -2.07. The summed E-state index contributed by atoms with van der Waals surface area (Å²) in [4.78, 5) is 0.0297. The van der Waals surface area contributed by atoms with Gasteiger partial charge in [0, 0.05) is 24.1 Å². The molecule has 24 heavy (non-hydrogen) atoms. The van der Waals surface area contributed by atoms with E-state index >= 15 is 0 Å². The highest BCUT2D eigenvalue weighted by molar-refractivity contribution is 7.98. The minimum atomic E-state index is -3.70. The Bertz CT molecular complexity index is 809. The highest BCUT2D eigenvalue weighted by atomic mass is 35.5. The van der Waals surface area contributed by atoms with E-state index in [4.69, 9.17) is 33.5 Å². The Labute approximate surface area is 154 Å². The predicted octanol–water partition coefficient (Wildman–Crippen LogP) is 3.04. The van der Waals surface area contributed by atoms with Crippen LogP contribution in [0.2, 0.25) is 10.0 Å². The van der Waals surface area contributed by atoms with E-state index in [1.165, 1.54) is 24.5 Å². The van der Waals surface area contributed by atoms with Crippen molar-refractivity contribution in [3.63, 3.8) is 0 Å². The first kappa shape index (κ1) is 19.0. The number of nitrogens with one attached hydrogen (secondary N) is 1. The Morgan fingerprint density at radius 1 is 1.33 bits per heavy atom. The summed E-state index contributed by atoms with van der Waals surface area (Å²) in [6.07, 6.45) is 1.52. The van der Waals surface area contributed by atoms with Crippen LogP contribution in [0.25, 0.3) is 0 Å². The quantitative estimate of drug-likeness (QED) is 0.648. The fourth-order valence-corrected chi connectivity index (χ4v) is 3.89. The van der Waals surface area contributed by atoms with E-state index < -0.39 is 9.84 Å². The van der Waals surface area contributed by atoms with E-state index in [0.717, 1.165) is 16.9 Å². The van der Waals surface area contributed by atoms with Gasteiger partial charge < -0.3 is 15.6 Å². The van der Waals surface area contributed by atoms with E-state index in [1.807, 2.05) is 0 Å². The van der Waals surface area contributed by atoms with Crippen LogP contribution in [-0.4, -0.2) is 25.9 Å². The van der Waals surface area contributed by atoms with Crippen molar-refractivity contribution in [1.29, 1.82) is 0 Å². The molecule has 0 aliphatic carbocycles. The molecule has 0 radical (unpaired) electrons. The molecule has 0 saturated heterocycles. The molecule has 1 aromatic heterocycles. The van der Waals surface area contributed by atoms with Gasteiger partial charge in [-0.2, -0.15) is 11.8 Å². The highest BCUT2D eigenvalue weighted by Crippen LogP contribution is 2.25. The maximum absolute atomic E-state index is 12.2. The third-order valence-corrected chi connectivity index (χ3v) is 6.03. The number of halogens is 2. The average molecular weight is 408 g/mol. The summed E-state index contributed by atoms with van der Waals surface area (Å²) < 4.78 is 29.2. The van der Waals surface area contributed by atoms with Crippen LogP contribution >= 0.6 is 35.0 Å². The van der Waals surface area contributed by atoms with E-state index in [1.54, 1.807) is 17.8 Å². The number of thioether (sulfide) groups is 1. The zero-order valence-corrected chi connectivity index (χ0v) is 15.6. The second-order valence-electron chi connectivity index (χ2n) is 4.66. The standard InChI is InChI=1S/C14H15Cl2N3O3S2/c15-12-2-1-11(7-13(12)16)24(20,21)9-14(17)18-4-6-23-8-10-3-5-22-19-10/h1-3,5,7,9,18H,4,6,8,17H2. The topological polar surface area (TPSA) is 98.2 Å². The lowest BCUT2D eigenvalue weighted by atomic mass is 10.4. The monoisotopic (exact) mass is 407 g/mol. The Balaban J connectivity index is 1.85. The van der Waals surface area contributed by atoms with Crippen LogP contribution in [0.1, 0.15) is 5.69 Å². The Morgan fingerprint density at radius 3 is 2.79 bits per heavy atom. The molecule has 2 rings (SSSR count). The minimum absolute atomic E-state index is 0.0297. The number of benzene rings is 1. The first-order chi connectivity index (χ1) is 11.4. The molecular weight excluding hydrogens is 393 g/mol. The SMILES string of the molecule is NC(=CS(=O)(=O)c1ccc(Cl)c(Cl)c1)NCCSCc1ccon1. The maximum Gasteiger partial charge on any atom is 0.203 e. The number of nitrogens with zero attached hydrogens (tertiary/aromatic N) is 1. The van der Waals surface area contributed by atoms with E-state index in [2.05, 4.69) is 10.5 Å². The van der Waals surface area contributed by atoms with Crippen molar-refractivity contribution < 1.29 is 12.9 Å². The second kappa shape index (κ2) is 8.66. The Hall–Kier alpha value is -1.35. The van der Waals surface area contributed by atoms with Gasteiger partial charge in [0.2, 0.25) is 9.84 Å². The van der Waals surface area contributed by atoms with Gasteiger partial charge >= 0.3 is 0 Å². The van der Waals surface area contributed by atoms with Gasteiger partial charge in [-0.3, -0.25) is 0 Å². The smallest absolute Gasteiger partial charge is 0.203 e. The van der Waals surface area contributed by atoms with E-state index in [9.17, 15) is 8.42 Å². The van der Waals surface area contributed by atoms with Crippen LogP contribution in [0, 0.1) is 0 Å². The Morgan fingerprint density at radius 2 is 2.12 bits per heavy atom. The summed E-state index contributed by atoms with van der Waals surface area (Å²) in [6.45, 7) is 0.516. The second-order valence-corrected chi connectivity index (χ2v) is 8.38. The third kappa shape index (κ3) is 5.62. The molecule has 0 amide bonds. The van der Waals surface area contributed by atoms with E-state index in [0.29, 0.717) is 12.3 Å². The van der Waals surface area contributed by atoms with Crippen molar-refractivity contribution in [1.82, 2.24) is 10.5 Å². The molecule has 0 bridgehead atoms. The van der Waals surface area contributed by atoms with Crippen molar-refractivity contribution in [2.24, 2.45) is 5.73 Å². The molecule has 0 saturated carbocycles. The number of rotatable bonds is 8. The predicted molar refractivity (Wildman–Crippen MR) is 96.6 cm³/mol. The summed E-state index contributed by atoms with van der Waals surface area (Å²) >= 11 is 13.2. The van der Waals surface area contributed by atoms with Crippen LogP contribution in [-0.2, 0) is 15.6 Å². The van der Waals surface area contributed by atoms with Gasteiger partial charge in [-0.1, -0.05) is 28.4 Å². The first-order valence-corrected chi connectivity index (χ1v) is 10.2. The fraction of sp³-hybridized carbons (Fsp3) is 0.214. The molecule has 6 nitrogen and oxygen atoms in total. The summed E-state index contributed by atoms with van der Waals surface area (Å²) in [5.74, 6) is 1.50. The van der Waals surface area contributed by atoms with Crippen molar-refractivity contribution >= 4 is 44.8 Å². The van der Waals surface area contributed by atoms with Crippen LogP contribution in [0.4, 0.5) is 0 Å². The zero-order valence-electron chi connectivity index (χ0n) is 12.4. The van der Waals surface area contributed by atoms with Crippen LogP contribution in [0.3, 0.4) is 0 Å². The highest BCUT2D eigenvalue weighted by Gasteiger charge is 2.14. The molecule has 0 aliphatic heterocycles. The molecule has 0 fully saturated rings. The Kier molecular flexibility index (Phi) is 6.85. The summed E-state index contributed by atoms with van der Waals surface area (Å²) in [6, 6.07) is 5.88. The molecule has 0 spiro atoms. The summed E-state index contributed by atoms with van der Waals surface area (Å²) in [7, 11) is -3.70. The molecule has 3 N–H and O–H groups in total. The summed E-state index contributed by atoms with van der Waals surface area (Å²) in [5, 5.41) is 8.07. The van der Waals surface area contributed by atoms with Gasteiger partial charge in [0.05, 0.1) is 26.0 Å². The molecule has 2 aromatic rings. The fourth-order valence-electron chi connectivity index (χ4n) is 1.69. The lowest BCUT2D eigenvalue weighted by Crippen LogP contribution is -2.23. The van der Waals surface area contributed by atoms with Gasteiger partial charge in [-0.15, -0.1) is 0 Å². The minimum Gasteiger partial charge on any atom is -0.385 e. The van der Waals surface area contributed by atoms with Gasteiger partial charge in [-0.25, -0.2) is 8.42 Å². The molecule has 10 heteroatoms. The van der Waals surface area contributed by atoms with Crippen LogP contribution in [0.5, 0.6) is 0 Å². The van der Waals surface area contributed by atoms with Gasteiger partial charge in [-0.05, 0) is 18.2 Å². The summed E-state index contributed by atoms with van der Waals surface area (Å²) in [5.41, 5.74) is 6.57. The van der Waals surface area contributed by atoms with Crippen molar-refractivity contribution in [2.75, 3.05) is 12.3 Å². The number of hydrogen-bond donors (Lipinski definition) is 2. The van der Waals surface area contributed by atoms with Crippen LogP contribution in [0.15, 0.2) is 51.2 Å². The zero-order chi connectivity index (χ0) is 17.6. The molecule has 0 aliphatic rings. The van der Waals surface area contributed by atoms with Crippen molar-refractivity contribution in [2.45, 2.75) is 10.6 Å². The molecule has 130 valence electrons. The molecule has 0 unspecified atom stereocenters. The number of nitrogens with two attached hydrogens (primary N) is 1. The maximum atomic E-state index is 12.2. The largest absolute Gasteiger partial charge is 0.385 e. The number of sulfone groups is 1. The van der Waals surface area contributed by atoms with Crippen LogP contribution < -0.4 is 11.1 Å². The normalized spacial score (nSPS) is 12.3. The molecule has 0 atom stereocenters. The third-order valence-electron chi connectivity index (χ3n) is 2.82. The number of aromatic nitrogens is 1. The van der Waals surface area contributed by atoms with Gasteiger partial charge in [0.15, 0.2) is 0 Å². The lowest BCUT2D eigenvalue weighted by molar-refractivity contribution is 0.414. The molecule has 1 heterocycles. The average Bonchev–Trinajstić information content (AvgIpc) is 3.02. The van der Waals surface area contributed by atoms with Crippen molar-refractivity contribution in [3.8, 4) is 0 Å². The first-order valence-electron chi connectivity index (χ1n) is 6.76. The number of hydrogen-bond acceptors (Lipinski definition) is 7. The van der Waals surface area contributed by atoms with E-state index in [-0.39, 0.29) is 20.8 Å². The van der Waals surface area contributed by atoms with Gasteiger partial charge in [0.1, 0.15) is 12.1 Å². The molecular formula is C14H15Cl2N3O3S2. The van der Waals surface area contributed by atoms with Crippen molar-refractivity contribution in [3.05, 3.63) is 57.5 Å².